The topological polar surface area (TPSA) is 55.6 Å². The van der Waals surface area contributed by atoms with E-state index in [4.69, 9.17) is 22.7 Å². The minimum atomic E-state index is 0.0367. The third-order valence-electron chi connectivity index (χ3n) is 3.44. The van der Waals surface area contributed by atoms with Crippen molar-refractivity contribution in [2.24, 2.45) is 11.7 Å². The summed E-state index contributed by atoms with van der Waals surface area (Å²) >= 11 is 4.92. The number of thiocarbonyl (C=S) groups is 1. The fourth-order valence-corrected chi connectivity index (χ4v) is 2.56. The van der Waals surface area contributed by atoms with Crippen LogP contribution in [0.4, 0.5) is 0 Å². The van der Waals surface area contributed by atoms with Crippen LogP contribution in [0.5, 0.6) is 5.75 Å². The number of nitrogens with zero attached hydrogens (tertiary/aromatic N) is 1. The zero-order valence-corrected chi connectivity index (χ0v) is 13.4. The van der Waals surface area contributed by atoms with Crippen LogP contribution in [0.3, 0.4) is 0 Å². The van der Waals surface area contributed by atoms with E-state index in [0.717, 1.165) is 17.7 Å². The molecule has 0 saturated carbocycles. The fourth-order valence-electron chi connectivity index (χ4n) is 2.46. The zero-order chi connectivity index (χ0) is 15.4. The maximum atomic E-state index is 12.7. The second-order valence-corrected chi connectivity index (χ2v) is 6.31. The van der Waals surface area contributed by atoms with Crippen molar-refractivity contribution in [2.75, 3.05) is 19.7 Å². The van der Waals surface area contributed by atoms with Gasteiger partial charge in [-0.1, -0.05) is 26.1 Å². The Morgan fingerprint density at radius 2 is 2.24 bits per heavy atom. The molecule has 21 heavy (non-hydrogen) atoms. The maximum absolute atomic E-state index is 12.7. The Balaban J connectivity index is 2.14. The van der Waals surface area contributed by atoms with Crippen LogP contribution in [0, 0.1) is 5.92 Å². The number of rotatable bonds is 6. The van der Waals surface area contributed by atoms with Gasteiger partial charge in [0.2, 0.25) is 0 Å². The summed E-state index contributed by atoms with van der Waals surface area (Å²) in [6.07, 6.45) is 1.43. The van der Waals surface area contributed by atoms with Crippen LogP contribution in [-0.2, 0) is 6.42 Å². The average Bonchev–Trinajstić information content (AvgIpc) is 2.89. The molecule has 1 amide bonds. The van der Waals surface area contributed by atoms with E-state index < -0.39 is 0 Å². The van der Waals surface area contributed by atoms with Gasteiger partial charge >= 0.3 is 0 Å². The first kappa shape index (κ1) is 15.8. The highest BCUT2D eigenvalue weighted by atomic mass is 32.1. The van der Waals surface area contributed by atoms with E-state index in [1.807, 2.05) is 23.1 Å². The van der Waals surface area contributed by atoms with E-state index >= 15 is 0 Å². The van der Waals surface area contributed by atoms with Gasteiger partial charge in [-0.15, -0.1) is 0 Å². The number of carbonyl (C=O) groups excluding carboxylic acids is 1. The molecule has 1 aliphatic rings. The van der Waals surface area contributed by atoms with Gasteiger partial charge in [-0.3, -0.25) is 4.79 Å². The van der Waals surface area contributed by atoms with Crippen LogP contribution < -0.4 is 10.5 Å². The Labute approximate surface area is 131 Å². The minimum absolute atomic E-state index is 0.0367. The number of fused-ring (bicyclic) bond motifs is 1. The van der Waals surface area contributed by atoms with Gasteiger partial charge in [0.15, 0.2) is 0 Å². The number of hydrogen-bond donors (Lipinski definition) is 1. The average molecular weight is 306 g/mol. The first-order valence-corrected chi connectivity index (χ1v) is 7.71. The Hall–Kier alpha value is -1.62. The first-order chi connectivity index (χ1) is 9.97. The van der Waals surface area contributed by atoms with Crippen LogP contribution in [-0.4, -0.2) is 35.5 Å². The van der Waals surface area contributed by atoms with Crippen molar-refractivity contribution < 1.29 is 9.53 Å². The third kappa shape index (κ3) is 4.17. The van der Waals surface area contributed by atoms with Crippen molar-refractivity contribution in [3.05, 3.63) is 29.3 Å². The lowest BCUT2D eigenvalue weighted by atomic mass is 10.1. The van der Waals surface area contributed by atoms with E-state index in [0.29, 0.717) is 42.6 Å². The van der Waals surface area contributed by atoms with Crippen molar-refractivity contribution in [1.29, 1.82) is 0 Å². The number of ether oxygens (including phenoxy) is 1. The van der Waals surface area contributed by atoms with Gasteiger partial charge in [-0.05, 0) is 29.7 Å². The molecule has 0 fully saturated rings. The molecule has 0 unspecified atom stereocenters. The molecule has 1 aromatic rings. The van der Waals surface area contributed by atoms with Crippen molar-refractivity contribution >= 4 is 23.1 Å². The molecule has 2 rings (SSSR count). The van der Waals surface area contributed by atoms with Gasteiger partial charge < -0.3 is 15.4 Å². The zero-order valence-electron chi connectivity index (χ0n) is 12.6. The molecular formula is C16H22N2O2S. The number of nitrogens with two attached hydrogens (primary N) is 1. The summed E-state index contributed by atoms with van der Waals surface area (Å²) in [5, 5.41) is 0. The Bertz CT molecular complexity index is 543. The molecule has 1 heterocycles. The quantitative estimate of drug-likeness (QED) is 0.820. The molecule has 5 heteroatoms. The second-order valence-electron chi connectivity index (χ2n) is 5.78. The van der Waals surface area contributed by atoms with Crippen LogP contribution in [0.2, 0.25) is 0 Å². The molecule has 2 N–H and O–H groups in total. The summed E-state index contributed by atoms with van der Waals surface area (Å²) in [6, 6.07) is 5.66. The number of carbonyl (C=O) groups is 1. The summed E-state index contributed by atoms with van der Waals surface area (Å²) in [6.45, 7) is 6.16. The van der Waals surface area contributed by atoms with E-state index in [9.17, 15) is 4.79 Å². The Kier molecular flexibility index (Phi) is 5.17. The van der Waals surface area contributed by atoms with Crippen LogP contribution in [0.1, 0.15) is 36.2 Å². The van der Waals surface area contributed by atoms with Gasteiger partial charge in [0.1, 0.15) is 5.75 Å². The summed E-state index contributed by atoms with van der Waals surface area (Å²) < 4.78 is 5.48. The minimum Gasteiger partial charge on any atom is -0.493 e. The van der Waals surface area contributed by atoms with Gasteiger partial charge in [-0.2, -0.15) is 0 Å². The van der Waals surface area contributed by atoms with Crippen LogP contribution >= 0.6 is 12.2 Å². The predicted octanol–water partition coefficient (Wildman–Crippen LogP) is 2.40. The van der Waals surface area contributed by atoms with Crippen LogP contribution in [0.25, 0.3) is 0 Å². The molecular weight excluding hydrogens is 284 g/mol. The highest BCUT2D eigenvalue weighted by molar-refractivity contribution is 7.80. The molecule has 114 valence electrons. The monoisotopic (exact) mass is 306 g/mol. The Morgan fingerprint density at radius 1 is 1.48 bits per heavy atom. The molecule has 4 nitrogen and oxygen atoms in total. The number of hydrogen-bond acceptors (Lipinski definition) is 3. The van der Waals surface area contributed by atoms with Crippen molar-refractivity contribution in [1.82, 2.24) is 4.90 Å². The second kappa shape index (κ2) is 6.89. The van der Waals surface area contributed by atoms with Crippen molar-refractivity contribution in [2.45, 2.75) is 26.7 Å². The molecule has 0 atom stereocenters. The number of amides is 1. The lowest BCUT2D eigenvalue weighted by Crippen LogP contribution is -2.36. The molecule has 0 aliphatic carbocycles. The van der Waals surface area contributed by atoms with Gasteiger partial charge in [0.25, 0.3) is 5.91 Å². The summed E-state index contributed by atoms with van der Waals surface area (Å²) in [5.74, 6) is 1.33. The largest absolute Gasteiger partial charge is 0.493 e. The van der Waals surface area contributed by atoms with Gasteiger partial charge in [0.05, 0.1) is 11.6 Å². The predicted molar refractivity (Wildman–Crippen MR) is 87.8 cm³/mol. The van der Waals surface area contributed by atoms with E-state index in [1.165, 1.54) is 0 Å². The molecule has 0 aromatic heterocycles. The molecule has 0 spiro atoms. The molecule has 1 aliphatic heterocycles. The smallest absolute Gasteiger partial charge is 0.253 e. The lowest BCUT2D eigenvalue weighted by Gasteiger charge is -2.24. The highest BCUT2D eigenvalue weighted by Gasteiger charge is 2.20. The van der Waals surface area contributed by atoms with E-state index in [2.05, 4.69) is 13.8 Å². The molecule has 0 saturated heterocycles. The molecule has 0 bridgehead atoms. The van der Waals surface area contributed by atoms with Gasteiger partial charge in [-0.25, -0.2) is 0 Å². The first-order valence-electron chi connectivity index (χ1n) is 7.30. The molecule has 0 radical (unpaired) electrons. The maximum Gasteiger partial charge on any atom is 0.253 e. The van der Waals surface area contributed by atoms with E-state index in [-0.39, 0.29) is 5.91 Å². The normalized spacial score (nSPS) is 12.9. The summed E-state index contributed by atoms with van der Waals surface area (Å²) in [7, 11) is 0. The SMILES string of the molecule is CC(C)CN(CCC(N)=S)C(=O)c1ccc2c(c1)CCO2. The van der Waals surface area contributed by atoms with Crippen molar-refractivity contribution in [3.8, 4) is 5.75 Å². The van der Waals surface area contributed by atoms with E-state index in [1.54, 1.807) is 0 Å². The standard InChI is InChI=1S/C16H22N2O2S/c1-11(2)10-18(7-5-15(17)21)16(19)13-3-4-14-12(9-13)6-8-20-14/h3-4,9,11H,5-8,10H2,1-2H3,(H2,17,21). The van der Waals surface area contributed by atoms with Gasteiger partial charge in [0, 0.05) is 31.5 Å². The van der Waals surface area contributed by atoms with Crippen molar-refractivity contribution in [3.63, 3.8) is 0 Å². The highest BCUT2D eigenvalue weighted by Crippen LogP contribution is 2.26. The Morgan fingerprint density at radius 3 is 2.90 bits per heavy atom. The fraction of sp³-hybridized carbons (Fsp3) is 0.500. The van der Waals surface area contributed by atoms with Crippen LogP contribution in [0.15, 0.2) is 18.2 Å². The summed E-state index contributed by atoms with van der Waals surface area (Å²) in [4.78, 5) is 15.0. The molecule has 1 aromatic carbocycles. The lowest BCUT2D eigenvalue weighted by molar-refractivity contribution is 0.0741. The summed E-state index contributed by atoms with van der Waals surface area (Å²) in [5.41, 5.74) is 7.38. The third-order valence-corrected chi connectivity index (χ3v) is 3.64. The number of benzene rings is 1.